The van der Waals surface area contributed by atoms with Crippen LogP contribution in [0.3, 0.4) is 0 Å². The van der Waals surface area contributed by atoms with Gasteiger partial charge in [0.1, 0.15) is 18.1 Å². The fourth-order valence-electron chi connectivity index (χ4n) is 5.42. The number of aliphatic hydroxyl groups excluding tert-OH is 1. The highest BCUT2D eigenvalue weighted by atomic mass is 16.6. The van der Waals surface area contributed by atoms with Gasteiger partial charge >= 0.3 is 5.69 Å². The molecule has 0 aromatic heterocycles. The van der Waals surface area contributed by atoms with Gasteiger partial charge in [0.05, 0.1) is 36.1 Å². The monoisotopic (exact) mass is 704 g/mol. The van der Waals surface area contributed by atoms with Gasteiger partial charge in [0.25, 0.3) is 17.7 Å². The number of anilines is 2. The lowest BCUT2D eigenvalue weighted by atomic mass is 9.87. The quantitative estimate of drug-likeness (QED) is 0.0917. The predicted octanol–water partition coefficient (Wildman–Crippen LogP) is 6.85. The standard InChI is InChI=1S/C38H48N4O9/c1-23(2)21-50-33-18-26(36(44)39-29-11-6-25(5)7-12-29)8-13-30(33)40-37(45)27-9-14-31(34(19-27)51-22-24(3)4)41-38(46)28-10-15-32(42(47)48)35(20-28)49-17-16-43/h8-10,13-15,18-20,23-25,29,43H,6-7,11-12,16-17,21-22H2,1-5H3,(H,39,44)(H,40,45)(H,41,46)/t25-,29-. The Bertz CT molecular complexity index is 1700. The molecule has 274 valence electrons. The molecule has 0 aliphatic heterocycles. The van der Waals surface area contributed by atoms with E-state index >= 15 is 0 Å². The van der Waals surface area contributed by atoms with Crippen LogP contribution in [0.1, 0.15) is 91.4 Å². The molecule has 1 aliphatic carbocycles. The lowest BCUT2D eigenvalue weighted by Gasteiger charge is -2.27. The van der Waals surface area contributed by atoms with Crippen LogP contribution in [0.25, 0.3) is 0 Å². The number of carbonyl (C=O) groups is 3. The van der Waals surface area contributed by atoms with Crippen molar-refractivity contribution in [2.24, 2.45) is 17.8 Å². The van der Waals surface area contributed by atoms with Crippen LogP contribution < -0.4 is 30.2 Å². The number of amides is 3. The Morgan fingerprint density at radius 1 is 0.745 bits per heavy atom. The molecule has 3 aromatic carbocycles. The van der Waals surface area contributed by atoms with Crippen molar-refractivity contribution in [2.75, 3.05) is 37.1 Å². The van der Waals surface area contributed by atoms with E-state index in [1.165, 1.54) is 30.3 Å². The van der Waals surface area contributed by atoms with Gasteiger partial charge in [0.2, 0.25) is 0 Å². The van der Waals surface area contributed by atoms with Gasteiger partial charge in [-0.2, -0.15) is 0 Å². The van der Waals surface area contributed by atoms with Gasteiger partial charge in [-0.05, 0) is 85.9 Å². The number of hydrogen-bond acceptors (Lipinski definition) is 9. The first kappa shape index (κ1) is 38.6. The van der Waals surface area contributed by atoms with Crippen LogP contribution in [0.15, 0.2) is 54.6 Å². The van der Waals surface area contributed by atoms with Crippen molar-refractivity contribution in [3.05, 3.63) is 81.4 Å². The number of aliphatic hydroxyl groups is 1. The highest BCUT2D eigenvalue weighted by molar-refractivity contribution is 6.08. The number of ether oxygens (including phenoxy) is 3. The topological polar surface area (TPSA) is 178 Å². The van der Waals surface area contributed by atoms with E-state index in [9.17, 15) is 24.5 Å². The Kier molecular flexibility index (Phi) is 13.8. The van der Waals surface area contributed by atoms with E-state index in [-0.39, 0.29) is 71.0 Å². The summed E-state index contributed by atoms with van der Waals surface area (Å²) in [6.45, 7) is 10.3. The molecule has 51 heavy (non-hydrogen) atoms. The van der Waals surface area contributed by atoms with Crippen molar-refractivity contribution in [1.82, 2.24) is 5.32 Å². The van der Waals surface area contributed by atoms with Crippen LogP contribution in [0.2, 0.25) is 0 Å². The molecule has 0 heterocycles. The Labute approximate surface area is 298 Å². The summed E-state index contributed by atoms with van der Waals surface area (Å²) in [5, 5.41) is 29.3. The molecule has 13 heteroatoms. The number of nitro benzene ring substituents is 1. The minimum absolute atomic E-state index is 0.0737. The molecule has 0 radical (unpaired) electrons. The van der Waals surface area contributed by atoms with Gasteiger partial charge in [-0.3, -0.25) is 24.5 Å². The third-order valence-corrected chi connectivity index (χ3v) is 8.25. The average Bonchev–Trinajstić information content (AvgIpc) is 3.10. The number of nitrogens with zero attached hydrogens (tertiary/aromatic N) is 1. The Morgan fingerprint density at radius 2 is 1.22 bits per heavy atom. The fraction of sp³-hybridized carbons (Fsp3) is 0.447. The van der Waals surface area contributed by atoms with Gasteiger partial charge in [0.15, 0.2) is 5.75 Å². The van der Waals surface area contributed by atoms with Crippen LogP contribution in [-0.2, 0) is 0 Å². The van der Waals surface area contributed by atoms with Crippen molar-refractivity contribution < 1.29 is 38.6 Å². The first-order valence-electron chi connectivity index (χ1n) is 17.3. The predicted molar refractivity (Wildman–Crippen MR) is 194 cm³/mol. The minimum atomic E-state index is -0.640. The highest BCUT2D eigenvalue weighted by Gasteiger charge is 2.23. The molecular formula is C38H48N4O9. The average molecular weight is 705 g/mol. The van der Waals surface area contributed by atoms with Crippen LogP contribution >= 0.6 is 0 Å². The zero-order valence-corrected chi connectivity index (χ0v) is 29.8. The van der Waals surface area contributed by atoms with Crippen LogP contribution in [0.4, 0.5) is 17.1 Å². The smallest absolute Gasteiger partial charge is 0.310 e. The molecule has 4 N–H and O–H groups in total. The number of nitro groups is 1. The van der Waals surface area contributed by atoms with Crippen molar-refractivity contribution in [2.45, 2.75) is 66.3 Å². The summed E-state index contributed by atoms with van der Waals surface area (Å²) in [5.41, 5.74) is 1.07. The summed E-state index contributed by atoms with van der Waals surface area (Å²) in [7, 11) is 0. The SMILES string of the molecule is CC(C)COc1cc(C(=O)Nc2ccc(C(=O)N[C@H]3CC[C@H](C)CC3)cc2OCC(C)C)ccc1NC(=O)c1ccc([N+](=O)[O-])c(OCCO)c1. The summed E-state index contributed by atoms with van der Waals surface area (Å²) in [5.74, 6) is 0.194. The molecular weight excluding hydrogens is 656 g/mol. The van der Waals surface area contributed by atoms with Gasteiger partial charge in [-0.15, -0.1) is 0 Å². The molecule has 3 amide bonds. The van der Waals surface area contributed by atoms with Crippen molar-refractivity contribution in [1.29, 1.82) is 0 Å². The Hall–Kier alpha value is -5.17. The summed E-state index contributed by atoms with van der Waals surface area (Å²) in [6, 6.07) is 13.3. The summed E-state index contributed by atoms with van der Waals surface area (Å²) < 4.78 is 17.3. The molecule has 0 saturated heterocycles. The summed E-state index contributed by atoms with van der Waals surface area (Å²) in [4.78, 5) is 50.8. The second-order valence-corrected chi connectivity index (χ2v) is 13.7. The van der Waals surface area contributed by atoms with Crippen molar-refractivity contribution in [3.63, 3.8) is 0 Å². The zero-order chi connectivity index (χ0) is 37.1. The minimum Gasteiger partial charge on any atom is -0.491 e. The Morgan fingerprint density at radius 3 is 1.69 bits per heavy atom. The first-order chi connectivity index (χ1) is 24.3. The van der Waals surface area contributed by atoms with Gasteiger partial charge < -0.3 is 35.3 Å². The lowest BCUT2D eigenvalue weighted by molar-refractivity contribution is -0.385. The third kappa shape index (κ3) is 11.2. The lowest BCUT2D eigenvalue weighted by Crippen LogP contribution is -2.37. The largest absolute Gasteiger partial charge is 0.491 e. The number of hydrogen-bond donors (Lipinski definition) is 4. The molecule has 0 spiro atoms. The molecule has 13 nitrogen and oxygen atoms in total. The maximum atomic E-state index is 13.6. The molecule has 3 aromatic rings. The molecule has 1 saturated carbocycles. The van der Waals surface area contributed by atoms with Crippen LogP contribution in [0.5, 0.6) is 17.2 Å². The maximum Gasteiger partial charge on any atom is 0.310 e. The van der Waals surface area contributed by atoms with E-state index in [1.54, 1.807) is 18.2 Å². The number of rotatable bonds is 16. The van der Waals surface area contributed by atoms with Gasteiger partial charge in [-0.25, -0.2) is 0 Å². The van der Waals surface area contributed by atoms with Crippen molar-refractivity contribution in [3.8, 4) is 17.2 Å². The van der Waals surface area contributed by atoms with Crippen LogP contribution in [0, 0.1) is 27.9 Å². The first-order valence-corrected chi connectivity index (χ1v) is 17.3. The number of benzene rings is 3. The molecule has 0 unspecified atom stereocenters. The summed E-state index contributed by atoms with van der Waals surface area (Å²) in [6.07, 6.45) is 4.06. The van der Waals surface area contributed by atoms with E-state index < -0.39 is 16.7 Å². The molecule has 0 atom stereocenters. The van der Waals surface area contributed by atoms with E-state index in [4.69, 9.17) is 19.3 Å². The molecule has 1 fully saturated rings. The number of nitrogens with one attached hydrogen (secondary N) is 3. The van der Waals surface area contributed by atoms with E-state index in [1.807, 2.05) is 27.7 Å². The highest BCUT2D eigenvalue weighted by Crippen LogP contribution is 2.32. The number of carbonyl (C=O) groups excluding carboxylic acids is 3. The second kappa shape index (κ2) is 18.2. The second-order valence-electron chi connectivity index (χ2n) is 13.7. The molecule has 0 bridgehead atoms. The van der Waals surface area contributed by atoms with E-state index in [0.29, 0.717) is 36.1 Å². The zero-order valence-electron chi connectivity index (χ0n) is 29.8. The third-order valence-electron chi connectivity index (χ3n) is 8.25. The van der Waals surface area contributed by atoms with Gasteiger partial charge in [0, 0.05) is 34.9 Å². The van der Waals surface area contributed by atoms with E-state index in [0.717, 1.165) is 31.7 Å². The summed E-state index contributed by atoms with van der Waals surface area (Å²) >= 11 is 0. The van der Waals surface area contributed by atoms with E-state index in [2.05, 4.69) is 22.9 Å². The van der Waals surface area contributed by atoms with Gasteiger partial charge in [-0.1, -0.05) is 34.6 Å². The fourth-order valence-corrected chi connectivity index (χ4v) is 5.42. The molecule has 4 rings (SSSR count). The molecule has 1 aliphatic rings. The van der Waals surface area contributed by atoms with Crippen molar-refractivity contribution >= 4 is 34.8 Å². The normalized spacial score (nSPS) is 15.6. The Balaban J connectivity index is 1.55. The van der Waals surface area contributed by atoms with Crippen LogP contribution in [-0.4, -0.2) is 60.2 Å². The maximum absolute atomic E-state index is 13.6.